The number of halogens is 6. The monoisotopic (exact) mass is 466 g/mol. The van der Waals surface area contributed by atoms with Crippen molar-refractivity contribution in [3.05, 3.63) is 53.1 Å². The molecule has 3 rings (SSSR count). The standard InChI is InChI=1S/C12H11F5O2.C8H9FN2O2/c1-18-11-7(2-3-8(13)10(11)14)6-4-9(19-5-6)12(15,16)17;9-7-4-10-6(1-2-12)3-8(7)11-5-13/h2-3,6,9H,4-5H2,1H3;3-5,12H,1-2H2,(H,10,11,13). The third-order valence-electron chi connectivity index (χ3n) is 4.58. The molecule has 1 saturated heterocycles. The van der Waals surface area contributed by atoms with E-state index < -0.39 is 35.6 Å². The van der Waals surface area contributed by atoms with Gasteiger partial charge in [-0.25, -0.2) is 8.78 Å². The Morgan fingerprint density at radius 1 is 1.28 bits per heavy atom. The maximum Gasteiger partial charge on any atom is 0.414 e. The number of methoxy groups -OCH3 is 1. The second-order valence-corrected chi connectivity index (χ2v) is 6.67. The van der Waals surface area contributed by atoms with Crippen molar-refractivity contribution in [3.8, 4) is 5.75 Å². The molecule has 0 radical (unpaired) electrons. The van der Waals surface area contributed by atoms with E-state index in [1.807, 2.05) is 0 Å². The van der Waals surface area contributed by atoms with E-state index in [9.17, 15) is 31.1 Å². The summed E-state index contributed by atoms with van der Waals surface area (Å²) in [5, 5.41) is 10.8. The molecule has 176 valence electrons. The zero-order valence-corrected chi connectivity index (χ0v) is 16.8. The summed E-state index contributed by atoms with van der Waals surface area (Å²) in [5.41, 5.74) is 0.801. The minimum absolute atomic E-state index is 0.0564. The number of nitrogens with zero attached hydrogens (tertiary/aromatic N) is 1. The highest BCUT2D eigenvalue weighted by molar-refractivity contribution is 5.71. The molecule has 12 heteroatoms. The maximum absolute atomic E-state index is 13.5. The van der Waals surface area contributed by atoms with Gasteiger partial charge in [-0.2, -0.15) is 17.6 Å². The van der Waals surface area contributed by atoms with Crippen LogP contribution in [0.4, 0.5) is 32.0 Å². The van der Waals surface area contributed by atoms with E-state index in [0.717, 1.165) is 19.4 Å². The number of ether oxygens (including phenoxy) is 2. The molecule has 6 nitrogen and oxygen atoms in total. The zero-order valence-electron chi connectivity index (χ0n) is 16.8. The van der Waals surface area contributed by atoms with Gasteiger partial charge in [-0.15, -0.1) is 0 Å². The zero-order chi connectivity index (χ0) is 23.9. The van der Waals surface area contributed by atoms with Crippen LogP contribution >= 0.6 is 0 Å². The van der Waals surface area contributed by atoms with E-state index in [1.165, 1.54) is 12.1 Å². The summed E-state index contributed by atoms with van der Waals surface area (Å²) in [6.45, 7) is -0.259. The number of aliphatic hydroxyl groups is 1. The SMILES string of the molecule is COc1c(C2COC(C(F)(F)F)C2)ccc(F)c1F.O=CNc1cc(CCO)ncc1F. The van der Waals surface area contributed by atoms with Crippen LogP contribution in [0.5, 0.6) is 5.75 Å². The molecule has 32 heavy (non-hydrogen) atoms. The summed E-state index contributed by atoms with van der Waals surface area (Å²) in [4.78, 5) is 13.8. The molecule has 1 fully saturated rings. The van der Waals surface area contributed by atoms with Gasteiger partial charge in [-0.1, -0.05) is 6.07 Å². The molecule has 2 unspecified atom stereocenters. The van der Waals surface area contributed by atoms with Crippen LogP contribution in [0.2, 0.25) is 0 Å². The third-order valence-corrected chi connectivity index (χ3v) is 4.58. The number of carbonyl (C=O) groups excluding carboxylic acids is 1. The first-order valence-electron chi connectivity index (χ1n) is 9.28. The molecule has 0 bridgehead atoms. The average Bonchev–Trinajstić information content (AvgIpc) is 3.24. The number of aromatic nitrogens is 1. The summed E-state index contributed by atoms with van der Waals surface area (Å²) < 4.78 is 86.2. The van der Waals surface area contributed by atoms with Gasteiger partial charge in [0.2, 0.25) is 12.2 Å². The second kappa shape index (κ2) is 11.1. The minimum atomic E-state index is -4.46. The molecule has 2 N–H and O–H groups in total. The molecule has 1 aliphatic heterocycles. The second-order valence-electron chi connectivity index (χ2n) is 6.67. The smallest absolute Gasteiger partial charge is 0.414 e. The summed E-state index contributed by atoms with van der Waals surface area (Å²) >= 11 is 0. The summed E-state index contributed by atoms with van der Waals surface area (Å²) in [6.07, 6.45) is -4.92. The van der Waals surface area contributed by atoms with Gasteiger partial charge in [-0.3, -0.25) is 9.78 Å². The Morgan fingerprint density at radius 2 is 2.00 bits per heavy atom. The van der Waals surface area contributed by atoms with Gasteiger partial charge in [0.05, 0.1) is 25.6 Å². The van der Waals surface area contributed by atoms with E-state index in [1.54, 1.807) is 0 Å². The highest BCUT2D eigenvalue weighted by atomic mass is 19.4. The number of alkyl halides is 3. The Hall–Kier alpha value is -2.86. The molecular formula is C20H20F6N2O4. The molecule has 0 saturated carbocycles. The van der Waals surface area contributed by atoms with E-state index in [4.69, 9.17) is 9.84 Å². The number of amides is 1. The number of carbonyl (C=O) groups is 1. The lowest BCUT2D eigenvalue weighted by Gasteiger charge is -2.15. The van der Waals surface area contributed by atoms with Crippen LogP contribution in [0.25, 0.3) is 0 Å². The molecule has 2 heterocycles. The highest BCUT2D eigenvalue weighted by Gasteiger charge is 2.46. The number of hydrogen-bond donors (Lipinski definition) is 2. The van der Waals surface area contributed by atoms with E-state index in [-0.39, 0.29) is 36.6 Å². The average molecular weight is 466 g/mol. The fourth-order valence-electron chi connectivity index (χ4n) is 3.05. The number of nitrogens with one attached hydrogen (secondary N) is 1. The van der Waals surface area contributed by atoms with Crippen LogP contribution in [-0.4, -0.2) is 49.1 Å². The fourth-order valence-corrected chi connectivity index (χ4v) is 3.05. The molecule has 0 spiro atoms. The molecule has 1 aromatic carbocycles. The Bertz CT molecular complexity index is 926. The molecule has 2 aromatic rings. The van der Waals surface area contributed by atoms with Crippen molar-refractivity contribution in [2.45, 2.75) is 31.0 Å². The Kier molecular flexibility index (Phi) is 8.84. The van der Waals surface area contributed by atoms with Crippen molar-refractivity contribution >= 4 is 12.1 Å². The third kappa shape index (κ3) is 6.33. The predicted octanol–water partition coefficient (Wildman–Crippen LogP) is 3.73. The Morgan fingerprint density at radius 3 is 2.56 bits per heavy atom. The van der Waals surface area contributed by atoms with E-state index in [2.05, 4.69) is 15.0 Å². The Labute approximate surface area is 179 Å². The number of hydrogen-bond acceptors (Lipinski definition) is 5. The van der Waals surface area contributed by atoms with Crippen LogP contribution in [0.15, 0.2) is 24.4 Å². The molecule has 0 aliphatic carbocycles. The topological polar surface area (TPSA) is 80.7 Å². The largest absolute Gasteiger partial charge is 0.493 e. The van der Waals surface area contributed by atoms with E-state index in [0.29, 0.717) is 18.5 Å². The van der Waals surface area contributed by atoms with Gasteiger partial charge in [0, 0.05) is 30.2 Å². The van der Waals surface area contributed by atoms with Crippen LogP contribution in [-0.2, 0) is 16.0 Å². The van der Waals surface area contributed by atoms with Crippen LogP contribution in [0.3, 0.4) is 0 Å². The van der Waals surface area contributed by atoms with Crippen molar-refractivity contribution in [2.24, 2.45) is 0 Å². The van der Waals surface area contributed by atoms with Crippen molar-refractivity contribution in [1.29, 1.82) is 0 Å². The van der Waals surface area contributed by atoms with Gasteiger partial charge in [-0.05, 0) is 18.6 Å². The summed E-state index contributed by atoms with van der Waals surface area (Å²) in [7, 11) is 1.14. The number of pyridine rings is 1. The maximum atomic E-state index is 13.5. The number of benzene rings is 1. The first-order chi connectivity index (χ1) is 15.1. The van der Waals surface area contributed by atoms with E-state index >= 15 is 0 Å². The quantitative estimate of drug-likeness (QED) is 0.501. The Balaban J connectivity index is 0.000000244. The number of aliphatic hydroxyl groups excluding tert-OH is 1. The lowest BCUT2D eigenvalue weighted by molar-refractivity contribution is -0.206. The first kappa shape index (κ1) is 25.4. The fraction of sp³-hybridized carbons (Fsp3) is 0.400. The van der Waals surface area contributed by atoms with Crippen LogP contribution in [0, 0.1) is 17.5 Å². The molecular weight excluding hydrogens is 446 g/mol. The van der Waals surface area contributed by atoms with Gasteiger partial charge in [0.15, 0.2) is 23.5 Å². The number of rotatable bonds is 6. The van der Waals surface area contributed by atoms with Gasteiger partial charge in [0.25, 0.3) is 0 Å². The minimum Gasteiger partial charge on any atom is -0.493 e. The van der Waals surface area contributed by atoms with Crippen molar-refractivity contribution < 1.29 is 45.7 Å². The molecule has 2 atom stereocenters. The lowest BCUT2D eigenvalue weighted by Crippen LogP contribution is -2.27. The van der Waals surface area contributed by atoms with Crippen LogP contribution in [0.1, 0.15) is 23.6 Å². The first-order valence-corrected chi connectivity index (χ1v) is 9.28. The molecule has 1 aromatic heterocycles. The summed E-state index contributed by atoms with van der Waals surface area (Å²) in [5.74, 6) is -3.93. The van der Waals surface area contributed by atoms with Crippen molar-refractivity contribution in [2.75, 3.05) is 25.6 Å². The van der Waals surface area contributed by atoms with Crippen LogP contribution < -0.4 is 10.1 Å². The normalized spacial score (nSPS) is 18.0. The predicted molar refractivity (Wildman–Crippen MR) is 101 cm³/mol. The highest BCUT2D eigenvalue weighted by Crippen LogP contribution is 2.41. The van der Waals surface area contributed by atoms with Gasteiger partial charge >= 0.3 is 6.18 Å². The van der Waals surface area contributed by atoms with Gasteiger partial charge < -0.3 is 19.9 Å². The van der Waals surface area contributed by atoms with Crippen molar-refractivity contribution in [3.63, 3.8) is 0 Å². The molecule has 1 amide bonds. The van der Waals surface area contributed by atoms with Crippen molar-refractivity contribution in [1.82, 2.24) is 4.98 Å². The number of anilines is 1. The molecule has 1 aliphatic rings. The lowest BCUT2D eigenvalue weighted by atomic mass is 9.95. The van der Waals surface area contributed by atoms with Gasteiger partial charge in [0.1, 0.15) is 0 Å². The summed E-state index contributed by atoms with van der Waals surface area (Å²) in [6, 6.07) is 3.48.